The van der Waals surface area contributed by atoms with Gasteiger partial charge in [-0.05, 0) is 41.5 Å². The summed E-state index contributed by atoms with van der Waals surface area (Å²) in [7, 11) is 1.71. The molecule has 0 aliphatic carbocycles. The van der Waals surface area contributed by atoms with E-state index < -0.39 is 0 Å². The molecule has 4 heteroatoms. The van der Waals surface area contributed by atoms with Crippen molar-refractivity contribution in [1.82, 2.24) is 4.90 Å². The number of hydrogen-bond donors (Lipinski definition) is 0. The van der Waals surface area contributed by atoms with Crippen LogP contribution in [-0.4, -0.2) is 17.9 Å². The summed E-state index contributed by atoms with van der Waals surface area (Å²) in [6.07, 6.45) is 0. The summed E-state index contributed by atoms with van der Waals surface area (Å²) < 4.78 is 13.3. The molecule has 26 heavy (non-hydrogen) atoms. The molecule has 0 spiro atoms. The average molecular weight is 344 g/mol. The van der Waals surface area contributed by atoms with E-state index in [2.05, 4.69) is 0 Å². The van der Waals surface area contributed by atoms with Crippen LogP contribution in [0.2, 0.25) is 0 Å². The van der Waals surface area contributed by atoms with Gasteiger partial charge in [0.2, 0.25) is 0 Å². The summed E-state index contributed by atoms with van der Waals surface area (Å²) in [4.78, 5) is 14.6. The van der Waals surface area contributed by atoms with Gasteiger partial charge in [0.15, 0.2) is 0 Å². The lowest BCUT2D eigenvalue weighted by atomic mass is 9.96. The number of carbonyl (C=O) groups is 1. The molecule has 1 unspecified atom stereocenters. The summed E-state index contributed by atoms with van der Waals surface area (Å²) >= 11 is 0. The van der Waals surface area contributed by atoms with Crippen LogP contribution in [-0.2, 0) is 0 Å². The van der Waals surface area contributed by atoms with E-state index in [1.54, 1.807) is 48.3 Å². The molecule has 0 bridgehead atoms. The molecule has 3 rings (SSSR count). The first-order valence-corrected chi connectivity index (χ1v) is 8.18. The van der Waals surface area contributed by atoms with E-state index in [0.29, 0.717) is 11.1 Å². The molecule has 0 aliphatic rings. The Kier molecular flexibility index (Phi) is 5.09. The highest BCUT2D eigenvalue weighted by Crippen LogP contribution is 2.29. The van der Waals surface area contributed by atoms with Crippen molar-refractivity contribution < 1.29 is 9.18 Å². The summed E-state index contributed by atoms with van der Waals surface area (Å²) in [5.41, 5.74) is 2.60. The second kappa shape index (κ2) is 7.62. The van der Waals surface area contributed by atoms with Crippen molar-refractivity contribution in [3.05, 3.63) is 107 Å². The number of benzene rings is 3. The third kappa shape index (κ3) is 3.62. The van der Waals surface area contributed by atoms with Gasteiger partial charge in [0, 0.05) is 12.6 Å². The van der Waals surface area contributed by atoms with E-state index >= 15 is 0 Å². The Hall–Kier alpha value is -3.45. The fourth-order valence-corrected chi connectivity index (χ4v) is 2.96. The minimum Gasteiger partial charge on any atom is -0.331 e. The largest absolute Gasteiger partial charge is 0.331 e. The lowest BCUT2D eigenvalue weighted by Crippen LogP contribution is -2.32. The van der Waals surface area contributed by atoms with Crippen molar-refractivity contribution in [2.24, 2.45) is 0 Å². The smallest absolute Gasteiger partial charge is 0.254 e. The van der Waals surface area contributed by atoms with Gasteiger partial charge in [-0.15, -0.1) is 0 Å². The van der Waals surface area contributed by atoms with Crippen LogP contribution >= 0.6 is 0 Å². The lowest BCUT2D eigenvalue weighted by molar-refractivity contribution is 0.0755. The zero-order chi connectivity index (χ0) is 18.5. The van der Waals surface area contributed by atoms with E-state index in [4.69, 9.17) is 5.26 Å². The summed E-state index contributed by atoms with van der Waals surface area (Å²) in [5.74, 6) is -0.531. The normalized spacial score (nSPS) is 11.4. The fourth-order valence-electron chi connectivity index (χ4n) is 2.96. The van der Waals surface area contributed by atoms with Gasteiger partial charge in [0.1, 0.15) is 5.82 Å². The molecule has 3 aromatic rings. The fraction of sp³-hybridized carbons (Fsp3) is 0.0909. The zero-order valence-corrected chi connectivity index (χ0v) is 14.3. The highest BCUT2D eigenvalue weighted by atomic mass is 19.1. The molecule has 0 saturated carbocycles. The van der Waals surface area contributed by atoms with Gasteiger partial charge in [-0.3, -0.25) is 4.79 Å². The van der Waals surface area contributed by atoms with Crippen LogP contribution in [0.15, 0.2) is 78.9 Å². The van der Waals surface area contributed by atoms with Crippen molar-refractivity contribution in [2.75, 3.05) is 7.05 Å². The number of amides is 1. The number of hydrogen-bond acceptors (Lipinski definition) is 2. The predicted octanol–water partition coefficient (Wildman–Crippen LogP) is 4.56. The summed E-state index contributed by atoms with van der Waals surface area (Å²) in [6, 6.07) is 24.0. The van der Waals surface area contributed by atoms with Crippen molar-refractivity contribution in [3.63, 3.8) is 0 Å². The second-order valence-electron chi connectivity index (χ2n) is 5.97. The van der Waals surface area contributed by atoms with Gasteiger partial charge >= 0.3 is 0 Å². The van der Waals surface area contributed by atoms with Gasteiger partial charge < -0.3 is 4.90 Å². The van der Waals surface area contributed by atoms with Gasteiger partial charge in [-0.2, -0.15) is 5.26 Å². The molecule has 3 nitrogen and oxygen atoms in total. The van der Waals surface area contributed by atoms with Crippen molar-refractivity contribution >= 4 is 5.91 Å². The topological polar surface area (TPSA) is 44.1 Å². The zero-order valence-electron chi connectivity index (χ0n) is 14.3. The number of halogens is 1. The van der Waals surface area contributed by atoms with E-state index in [0.717, 1.165) is 11.1 Å². The van der Waals surface area contributed by atoms with Crippen LogP contribution < -0.4 is 0 Å². The minimum atomic E-state index is -0.366. The maximum atomic E-state index is 13.3. The Bertz CT molecular complexity index is 946. The Morgan fingerprint density at radius 2 is 1.62 bits per heavy atom. The predicted molar refractivity (Wildman–Crippen MR) is 97.9 cm³/mol. The Morgan fingerprint density at radius 1 is 0.962 bits per heavy atom. The third-order valence-corrected chi connectivity index (χ3v) is 4.25. The Labute approximate surface area is 151 Å². The molecule has 0 aliphatic heterocycles. The Balaban J connectivity index is 2.02. The number of carbonyl (C=O) groups excluding carboxylic acids is 1. The van der Waals surface area contributed by atoms with Gasteiger partial charge in [-0.25, -0.2) is 4.39 Å². The molecular weight excluding hydrogens is 327 g/mol. The van der Waals surface area contributed by atoms with Gasteiger partial charge in [-0.1, -0.05) is 48.5 Å². The van der Waals surface area contributed by atoms with Crippen molar-refractivity contribution in [2.45, 2.75) is 6.04 Å². The van der Waals surface area contributed by atoms with Gasteiger partial charge in [0.05, 0.1) is 17.7 Å². The Morgan fingerprint density at radius 3 is 2.27 bits per heavy atom. The lowest BCUT2D eigenvalue weighted by Gasteiger charge is -2.29. The first-order chi connectivity index (χ1) is 12.6. The molecule has 0 fully saturated rings. The van der Waals surface area contributed by atoms with Crippen LogP contribution in [0.5, 0.6) is 0 Å². The van der Waals surface area contributed by atoms with Crippen LogP contribution in [0.4, 0.5) is 4.39 Å². The molecule has 128 valence electrons. The van der Waals surface area contributed by atoms with E-state index in [9.17, 15) is 9.18 Å². The second-order valence-corrected chi connectivity index (χ2v) is 5.97. The van der Waals surface area contributed by atoms with E-state index in [1.165, 1.54) is 12.1 Å². The highest BCUT2D eigenvalue weighted by Gasteiger charge is 2.24. The number of nitrogens with zero attached hydrogens (tertiary/aromatic N) is 2. The van der Waals surface area contributed by atoms with Crippen LogP contribution in [0, 0.1) is 17.1 Å². The molecule has 0 N–H and O–H groups in total. The van der Waals surface area contributed by atoms with Gasteiger partial charge in [0.25, 0.3) is 5.91 Å². The standard InChI is InChI=1S/C22H17FN2O/c1-25(22(26)19-9-5-6-16(14-19)15-24)21(17-7-3-2-4-8-17)18-10-12-20(23)13-11-18/h2-14,21H,1H3. The monoisotopic (exact) mass is 344 g/mol. The molecule has 0 radical (unpaired) electrons. The molecule has 1 amide bonds. The van der Waals surface area contributed by atoms with Crippen LogP contribution in [0.1, 0.15) is 33.1 Å². The average Bonchev–Trinajstić information content (AvgIpc) is 2.70. The molecule has 1 atom stereocenters. The first kappa shape index (κ1) is 17.4. The highest BCUT2D eigenvalue weighted by molar-refractivity contribution is 5.95. The summed E-state index contributed by atoms with van der Waals surface area (Å²) in [6.45, 7) is 0. The minimum absolute atomic E-state index is 0.208. The molecule has 3 aromatic carbocycles. The maximum Gasteiger partial charge on any atom is 0.254 e. The third-order valence-electron chi connectivity index (χ3n) is 4.25. The van der Waals surface area contributed by atoms with Crippen molar-refractivity contribution in [3.8, 4) is 6.07 Å². The SMILES string of the molecule is CN(C(=O)c1cccc(C#N)c1)C(c1ccccc1)c1ccc(F)cc1. The molecular formula is C22H17FN2O. The van der Waals surface area contributed by atoms with Crippen molar-refractivity contribution in [1.29, 1.82) is 5.26 Å². The van der Waals surface area contributed by atoms with E-state index in [-0.39, 0.29) is 17.8 Å². The molecule has 0 heterocycles. The maximum absolute atomic E-state index is 13.3. The van der Waals surface area contributed by atoms with Crippen LogP contribution in [0.25, 0.3) is 0 Å². The first-order valence-electron chi connectivity index (χ1n) is 8.18. The number of rotatable bonds is 4. The van der Waals surface area contributed by atoms with Crippen LogP contribution in [0.3, 0.4) is 0 Å². The summed E-state index contributed by atoms with van der Waals surface area (Å²) in [5, 5.41) is 9.06. The molecule has 0 aromatic heterocycles. The quantitative estimate of drug-likeness (QED) is 0.696. The van der Waals surface area contributed by atoms with E-state index in [1.807, 2.05) is 36.4 Å². The number of nitriles is 1. The molecule has 0 saturated heterocycles.